The molecule has 1 N–H and O–H groups in total. The topological polar surface area (TPSA) is 84.9 Å². The Balaban J connectivity index is 2.62. The molecule has 2 amide bonds. The van der Waals surface area contributed by atoms with Crippen molar-refractivity contribution in [2.24, 2.45) is 0 Å². The van der Waals surface area contributed by atoms with Gasteiger partial charge in [0, 0.05) is 26.6 Å². The highest BCUT2D eigenvalue weighted by atomic mass is 16.5. The van der Waals surface area contributed by atoms with Gasteiger partial charge in [-0.15, -0.1) is 0 Å². The molecular formula is C20H30N2O5. The van der Waals surface area contributed by atoms with Gasteiger partial charge in [0.05, 0.1) is 26.1 Å². The number of hydrogen-bond donors (Lipinski definition) is 1. The van der Waals surface area contributed by atoms with Crippen molar-refractivity contribution in [3.63, 3.8) is 0 Å². The molecule has 0 heterocycles. The lowest BCUT2D eigenvalue weighted by Gasteiger charge is -2.22. The van der Waals surface area contributed by atoms with E-state index < -0.39 is 0 Å². The maximum absolute atomic E-state index is 12.7. The van der Waals surface area contributed by atoms with Crippen LogP contribution in [0.3, 0.4) is 0 Å². The van der Waals surface area contributed by atoms with Gasteiger partial charge in [0.25, 0.3) is 0 Å². The number of esters is 1. The van der Waals surface area contributed by atoms with E-state index >= 15 is 0 Å². The summed E-state index contributed by atoms with van der Waals surface area (Å²) in [6.45, 7) is 7.29. The van der Waals surface area contributed by atoms with Crippen LogP contribution in [-0.2, 0) is 25.5 Å². The van der Waals surface area contributed by atoms with Gasteiger partial charge in [-0.05, 0) is 38.0 Å². The summed E-state index contributed by atoms with van der Waals surface area (Å²) < 4.78 is 10.3. The van der Waals surface area contributed by atoms with E-state index in [1.165, 1.54) is 6.92 Å². The Labute approximate surface area is 161 Å². The van der Waals surface area contributed by atoms with Gasteiger partial charge in [0.15, 0.2) is 0 Å². The Bertz CT molecular complexity index is 601. The van der Waals surface area contributed by atoms with Crippen LogP contribution >= 0.6 is 0 Å². The zero-order valence-corrected chi connectivity index (χ0v) is 16.5. The summed E-state index contributed by atoms with van der Waals surface area (Å²) in [5.41, 5.74) is 0.881. The second kappa shape index (κ2) is 12.7. The van der Waals surface area contributed by atoms with E-state index in [0.29, 0.717) is 39.3 Å². The van der Waals surface area contributed by atoms with Gasteiger partial charge >= 0.3 is 5.97 Å². The molecule has 0 atom stereocenters. The molecule has 0 bridgehead atoms. The van der Waals surface area contributed by atoms with E-state index in [0.717, 1.165) is 11.3 Å². The van der Waals surface area contributed by atoms with Crippen LogP contribution in [0.2, 0.25) is 0 Å². The maximum Gasteiger partial charge on any atom is 0.307 e. The van der Waals surface area contributed by atoms with Crippen molar-refractivity contribution in [3.05, 3.63) is 29.8 Å². The number of carbonyl (C=O) groups is 3. The van der Waals surface area contributed by atoms with Crippen LogP contribution in [0.25, 0.3) is 0 Å². The van der Waals surface area contributed by atoms with Gasteiger partial charge in [0.2, 0.25) is 11.8 Å². The second-order valence-electron chi connectivity index (χ2n) is 6.03. The van der Waals surface area contributed by atoms with Crippen molar-refractivity contribution < 1.29 is 23.9 Å². The lowest BCUT2D eigenvalue weighted by atomic mass is 10.1. The molecule has 0 saturated heterocycles. The fourth-order valence-electron chi connectivity index (χ4n) is 2.51. The summed E-state index contributed by atoms with van der Waals surface area (Å²) >= 11 is 0. The Morgan fingerprint density at radius 1 is 1.04 bits per heavy atom. The van der Waals surface area contributed by atoms with Gasteiger partial charge < -0.3 is 19.7 Å². The van der Waals surface area contributed by atoms with Crippen LogP contribution in [0, 0.1) is 0 Å². The predicted molar refractivity (Wildman–Crippen MR) is 102 cm³/mol. The van der Waals surface area contributed by atoms with Crippen molar-refractivity contribution in [1.82, 2.24) is 10.2 Å². The molecule has 0 aliphatic rings. The molecule has 0 fully saturated rings. The number of nitrogens with zero attached hydrogens (tertiary/aromatic N) is 1. The highest BCUT2D eigenvalue weighted by Crippen LogP contribution is 2.13. The van der Waals surface area contributed by atoms with Gasteiger partial charge in [-0.25, -0.2) is 0 Å². The minimum atomic E-state index is -0.321. The number of nitrogens with one attached hydrogen (secondary N) is 1. The Morgan fingerprint density at radius 2 is 1.74 bits per heavy atom. The van der Waals surface area contributed by atoms with Gasteiger partial charge in [-0.2, -0.15) is 0 Å². The summed E-state index contributed by atoms with van der Waals surface area (Å²) in [6, 6.07) is 7.41. The lowest BCUT2D eigenvalue weighted by Crippen LogP contribution is -2.36. The number of amides is 2. The number of ether oxygens (including phenoxy) is 2. The van der Waals surface area contributed by atoms with Gasteiger partial charge in [-0.3, -0.25) is 14.4 Å². The molecule has 0 spiro atoms. The fourth-order valence-corrected chi connectivity index (χ4v) is 2.51. The molecule has 0 aliphatic heterocycles. The van der Waals surface area contributed by atoms with Crippen molar-refractivity contribution in [2.45, 2.75) is 40.0 Å². The summed E-state index contributed by atoms with van der Waals surface area (Å²) in [7, 11) is 0. The first-order valence-corrected chi connectivity index (χ1v) is 9.35. The molecule has 0 radical (unpaired) electrons. The molecule has 0 aliphatic carbocycles. The van der Waals surface area contributed by atoms with Gasteiger partial charge in [0.1, 0.15) is 5.75 Å². The molecule has 0 aromatic heterocycles. The third-order valence-corrected chi connectivity index (χ3v) is 3.81. The minimum Gasteiger partial charge on any atom is -0.494 e. The van der Waals surface area contributed by atoms with Crippen LogP contribution in [0.1, 0.15) is 39.2 Å². The summed E-state index contributed by atoms with van der Waals surface area (Å²) in [5, 5.41) is 2.71. The first kappa shape index (κ1) is 22.5. The predicted octanol–water partition coefficient (Wildman–Crippen LogP) is 1.94. The molecule has 27 heavy (non-hydrogen) atoms. The SMILES string of the molecule is CCOC(=O)CCN(CCCNC(C)=O)C(=O)Cc1ccc(OCC)cc1. The quantitative estimate of drug-likeness (QED) is 0.444. The molecule has 0 saturated carbocycles. The molecule has 150 valence electrons. The smallest absolute Gasteiger partial charge is 0.307 e. The number of hydrogen-bond acceptors (Lipinski definition) is 5. The molecule has 7 nitrogen and oxygen atoms in total. The van der Waals surface area contributed by atoms with E-state index in [4.69, 9.17) is 9.47 Å². The molecular weight excluding hydrogens is 348 g/mol. The van der Waals surface area contributed by atoms with Crippen LogP contribution in [0.15, 0.2) is 24.3 Å². The van der Waals surface area contributed by atoms with Crippen molar-refractivity contribution in [3.8, 4) is 5.75 Å². The Hall–Kier alpha value is -2.57. The Kier molecular flexibility index (Phi) is 10.6. The van der Waals surface area contributed by atoms with E-state index in [-0.39, 0.29) is 30.6 Å². The van der Waals surface area contributed by atoms with E-state index in [1.54, 1.807) is 11.8 Å². The van der Waals surface area contributed by atoms with E-state index in [1.807, 2.05) is 31.2 Å². The van der Waals surface area contributed by atoms with Crippen LogP contribution < -0.4 is 10.1 Å². The van der Waals surface area contributed by atoms with Crippen molar-refractivity contribution in [2.75, 3.05) is 32.8 Å². The molecule has 7 heteroatoms. The van der Waals surface area contributed by atoms with E-state index in [9.17, 15) is 14.4 Å². The molecule has 0 unspecified atom stereocenters. The minimum absolute atomic E-state index is 0.0636. The Morgan fingerprint density at radius 3 is 2.33 bits per heavy atom. The largest absolute Gasteiger partial charge is 0.494 e. The number of rotatable bonds is 12. The summed E-state index contributed by atoms with van der Waals surface area (Å²) in [5.74, 6) is 0.279. The zero-order chi connectivity index (χ0) is 20.1. The monoisotopic (exact) mass is 378 g/mol. The maximum atomic E-state index is 12.7. The first-order valence-electron chi connectivity index (χ1n) is 9.35. The third-order valence-electron chi connectivity index (χ3n) is 3.81. The second-order valence-corrected chi connectivity index (χ2v) is 6.03. The highest BCUT2D eigenvalue weighted by molar-refractivity contribution is 5.79. The normalized spacial score (nSPS) is 10.2. The number of benzene rings is 1. The van der Waals surface area contributed by atoms with Crippen LogP contribution in [0.4, 0.5) is 0 Å². The highest BCUT2D eigenvalue weighted by Gasteiger charge is 2.16. The first-order chi connectivity index (χ1) is 13.0. The number of carbonyl (C=O) groups excluding carboxylic acids is 3. The average molecular weight is 378 g/mol. The van der Waals surface area contributed by atoms with Crippen LogP contribution in [0.5, 0.6) is 5.75 Å². The third kappa shape index (κ3) is 9.63. The summed E-state index contributed by atoms with van der Waals surface area (Å²) in [4.78, 5) is 36.9. The summed E-state index contributed by atoms with van der Waals surface area (Å²) in [6.07, 6.45) is 1.02. The van der Waals surface area contributed by atoms with Crippen LogP contribution in [-0.4, -0.2) is 55.5 Å². The standard InChI is InChI=1S/C20H30N2O5/c1-4-26-18-9-7-17(8-10-18)15-19(24)22(13-6-12-21-16(3)23)14-11-20(25)27-5-2/h7-10H,4-6,11-15H2,1-3H3,(H,21,23). The fraction of sp³-hybridized carbons (Fsp3) is 0.550. The van der Waals surface area contributed by atoms with Gasteiger partial charge in [-0.1, -0.05) is 12.1 Å². The molecule has 1 rings (SSSR count). The van der Waals surface area contributed by atoms with Crippen molar-refractivity contribution in [1.29, 1.82) is 0 Å². The van der Waals surface area contributed by atoms with E-state index in [2.05, 4.69) is 5.32 Å². The average Bonchev–Trinajstić information content (AvgIpc) is 2.63. The molecule has 1 aromatic rings. The zero-order valence-electron chi connectivity index (χ0n) is 16.5. The lowest BCUT2D eigenvalue weighted by molar-refractivity contribution is -0.144. The van der Waals surface area contributed by atoms with Crippen molar-refractivity contribution >= 4 is 17.8 Å². The molecule has 1 aromatic carbocycles.